The van der Waals surface area contributed by atoms with Crippen LogP contribution in [-0.4, -0.2) is 31.0 Å². The average Bonchev–Trinajstić information content (AvgIpc) is 3.09. The zero-order valence-corrected chi connectivity index (χ0v) is 19.1. The zero-order valence-electron chi connectivity index (χ0n) is 19.1. The van der Waals surface area contributed by atoms with Gasteiger partial charge in [-0.1, -0.05) is 12.1 Å². The van der Waals surface area contributed by atoms with Crippen LogP contribution in [0.1, 0.15) is 37.6 Å². The Labute approximate surface area is 191 Å². The first-order chi connectivity index (χ1) is 15.8. The van der Waals surface area contributed by atoms with Crippen molar-refractivity contribution in [3.05, 3.63) is 75.8 Å². The van der Waals surface area contributed by atoms with Gasteiger partial charge in [-0.2, -0.15) is 0 Å². The van der Waals surface area contributed by atoms with Crippen LogP contribution in [0.4, 0.5) is 11.5 Å². The number of aromatic nitrogens is 4. The summed E-state index contributed by atoms with van der Waals surface area (Å²) < 4.78 is 3.44. The van der Waals surface area contributed by atoms with E-state index in [4.69, 9.17) is 0 Å². The van der Waals surface area contributed by atoms with E-state index < -0.39 is 5.60 Å². The van der Waals surface area contributed by atoms with E-state index in [0.717, 1.165) is 25.2 Å². The number of rotatable bonds is 5. The largest absolute Gasteiger partial charge is 0.384 e. The van der Waals surface area contributed by atoms with E-state index in [1.165, 1.54) is 11.1 Å². The minimum Gasteiger partial charge on any atom is -0.384 e. The fourth-order valence-corrected chi connectivity index (χ4v) is 4.33. The summed E-state index contributed by atoms with van der Waals surface area (Å²) in [6, 6.07) is 13.7. The molecule has 0 saturated carbocycles. The third-order valence-electron chi connectivity index (χ3n) is 6.06. The van der Waals surface area contributed by atoms with Gasteiger partial charge in [0.1, 0.15) is 11.4 Å². The van der Waals surface area contributed by atoms with Gasteiger partial charge in [-0.15, -0.1) is 0 Å². The summed E-state index contributed by atoms with van der Waals surface area (Å²) >= 11 is 0. The number of hydrogen-bond acceptors (Lipinski definition) is 6. The highest BCUT2D eigenvalue weighted by Gasteiger charge is 2.21. The Kier molecular flexibility index (Phi) is 5.26. The molecule has 8 nitrogen and oxygen atoms in total. The number of nitrogens with zero attached hydrogens (tertiary/aromatic N) is 4. The topological polar surface area (TPSA) is 97.0 Å². The smallest absolute Gasteiger partial charge is 0.276 e. The summed E-state index contributed by atoms with van der Waals surface area (Å²) in [5.74, 6) is 1.22. The monoisotopic (exact) mass is 444 g/mol. The van der Waals surface area contributed by atoms with Crippen molar-refractivity contribution in [2.24, 2.45) is 0 Å². The van der Waals surface area contributed by atoms with Gasteiger partial charge >= 0.3 is 0 Å². The van der Waals surface area contributed by atoms with Gasteiger partial charge in [0.15, 0.2) is 5.82 Å². The molecule has 0 atom stereocenters. The zero-order chi connectivity index (χ0) is 23.2. The lowest BCUT2D eigenvalue weighted by Gasteiger charge is -2.19. The molecule has 3 N–H and O–H groups in total. The van der Waals surface area contributed by atoms with Gasteiger partial charge in [0.2, 0.25) is 0 Å². The third-order valence-corrected chi connectivity index (χ3v) is 6.06. The van der Waals surface area contributed by atoms with Crippen molar-refractivity contribution in [3.8, 4) is 5.82 Å². The molecule has 33 heavy (non-hydrogen) atoms. The number of fused-ring (bicyclic) bond motifs is 2. The lowest BCUT2D eigenvalue weighted by molar-refractivity contribution is 0.0738. The fourth-order valence-electron chi connectivity index (χ4n) is 4.33. The SMILES string of the molecule is CCn1c(=O)c2cnc(Nc3ccc4c(c3)CNCC4)cc2n1-c1cccc(C(C)(C)O)n1. The molecule has 0 amide bonds. The highest BCUT2D eigenvalue weighted by molar-refractivity contribution is 5.82. The fraction of sp³-hybridized carbons (Fsp3) is 0.320. The summed E-state index contributed by atoms with van der Waals surface area (Å²) in [7, 11) is 0. The summed E-state index contributed by atoms with van der Waals surface area (Å²) in [5.41, 5.74) is 3.64. The normalized spacial score (nSPS) is 13.8. The predicted molar refractivity (Wildman–Crippen MR) is 129 cm³/mol. The molecule has 170 valence electrons. The molecule has 4 heterocycles. The van der Waals surface area contributed by atoms with Crippen molar-refractivity contribution in [1.82, 2.24) is 24.6 Å². The molecular weight excluding hydrogens is 416 g/mol. The summed E-state index contributed by atoms with van der Waals surface area (Å²) in [4.78, 5) is 22.2. The first kappa shape index (κ1) is 21.4. The molecule has 0 aliphatic carbocycles. The Balaban J connectivity index is 1.60. The molecule has 8 heteroatoms. The van der Waals surface area contributed by atoms with Gasteiger partial charge in [0.25, 0.3) is 5.56 Å². The molecule has 0 unspecified atom stereocenters. The number of nitrogens with one attached hydrogen (secondary N) is 2. The molecule has 5 rings (SSSR count). The Morgan fingerprint density at radius 2 is 2.03 bits per heavy atom. The van der Waals surface area contributed by atoms with Crippen LogP contribution in [0.25, 0.3) is 16.7 Å². The molecule has 0 fully saturated rings. The van der Waals surface area contributed by atoms with Gasteiger partial charge in [-0.05, 0) is 69.1 Å². The standard InChI is InChI=1S/C25H28N6O2/c1-4-30-24(32)19-15-27-22(28-18-9-8-16-10-11-26-14-17(16)12-18)13-20(19)31(30)23-7-5-6-21(29-23)25(2,3)33/h5-9,12-13,15,26,33H,4,10-11,14H2,1-3H3,(H,27,28). The van der Waals surface area contributed by atoms with Crippen LogP contribution in [0, 0.1) is 0 Å². The highest BCUT2D eigenvalue weighted by Crippen LogP contribution is 2.25. The third kappa shape index (κ3) is 3.92. The molecular formula is C25H28N6O2. The lowest BCUT2D eigenvalue weighted by atomic mass is 10.0. The van der Waals surface area contributed by atoms with Gasteiger partial charge in [-0.3, -0.25) is 4.79 Å². The van der Waals surface area contributed by atoms with Crippen molar-refractivity contribution >= 4 is 22.4 Å². The summed E-state index contributed by atoms with van der Waals surface area (Å²) in [6.07, 6.45) is 2.65. The number of aliphatic hydroxyl groups is 1. The van der Waals surface area contributed by atoms with Crippen LogP contribution in [0.5, 0.6) is 0 Å². The molecule has 3 aromatic heterocycles. The maximum Gasteiger partial charge on any atom is 0.276 e. The average molecular weight is 445 g/mol. The van der Waals surface area contributed by atoms with E-state index in [-0.39, 0.29) is 5.56 Å². The van der Waals surface area contributed by atoms with E-state index in [1.54, 1.807) is 35.5 Å². The molecule has 4 aromatic rings. The predicted octanol–water partition coefficient (Wildman–Crippen LogP) is 3.22. The molecule has 1 aromatic carbocycles. The minimum absolute atomic E-state index is 0.123. The molecule has 0 radical (unpaired) electrons. The quantitative estimate of drug-likeness (QED) is 0.437. The molecule has 1 aliphatic heterocycles. The van der Waals surface area contributed by atoms with Gasteiger partial charge in [0, 0.05) is 31.0 Å². The second kappa shape index (κ2) is 8.13. The molecule has 0 saturated heterocycles. The highest BCUT2D eigenvalue weighted by atomic mass is 16.3. The first-order valence-corrected chi connectivity index (χ1v) is 11.3. The number of anilines is 2. The number of hydrogen-bond donors (Lipinski definition) is 3. The van der Waals surface area contributed by atoms with Gasteiger partial charge in [-0.25, -0.2) is 19.3 Å². The van der Waals surface area contributed by atoms with E-state index in [1.807, 2.05) is 25.1 Å². The van der Waals surface area contributed by atoms with E-state index >= 15 is 0 Å². The summed E-state index contributed by atoms with van der Waals surface area (Å²) in [6.45, 7) is 7.65. The Bertz CT molecular complexity index is 1400. The van der Waals surface area contributed by atoms with E-state index in [0.29, 0.717) is 34.8 Å². The Morgan fingerprint density at radius 3 is 2.82 bits per heavy atom. The van der Waals surface area contributed by atoms with Crippen molar-refractivity contribution in [2.75, 3.05) is 11.9 Å². The number of pyridine rings is 2. The van der Waals surface area contributed by atoms with Crippen LogP contribution in [0.2, 0.25) is 0 Å². The van der Waals surface area contributed by atoms with Gasteiger partial charge in [0.05, 0.1) is 16.6 Å². The maximum atomic E-state index is 13.1. The van der Waals surface area contributed by atoms with Gasteiger partial charge < -0.3 is 15.7 Å². The Hall–Kier alpha value is -3.49. The Morgan fingerprint density at radius 1 is 1.18 bits per heavy atom. The van der Waals surface area contributed by atoms with Crippen molar-refractivity contribution in [2.45, 2.75) is 45.9 Å². The van der Waals surface area contributed by atoms with Crippen molar-refractivity contribution < 1.29 is 5.11 Å². The minimum atomic E-state index is -1.09. The molecule has 0 spiro atoms. The molecule has 0 bridgehead atoms. The van der Waals surface area contributed by atoms with Crippen LogP contribution >= 0.6 is 0 Å². The number of benzene rings is 1. The first-order valence-electron chi connectivity index (χ1n) is 11.3. The second-order valence-corrected chi connectivity index (χ2v) is 8.89. The van der Waals surface area contributed by atoms with Crippen LogP contribution in [0.3, 0.4) is 0 Å². The van der Waals surface area contributed by atoms with Crippen LogP contribution < -0.4 is 16.2 Å². The van der Waals surface area contributed by atoms with Crippen LogP contribution in [-0.2, 0) is 25.1 Å². The maximum absolute atomic E-state index is 13.1. The molecule has 1 aliphatic rings. The lowest BCUT2D eigenvalue weighted by Crippen LogP contribution is -2.23. The van der Waals surface area contributed by atoms with E-state index in [9.17, 15) is 9.90 Å². The van der Waals surface area contributed by atoms with Crippen LogP contribution in [0.15, 0.2) is 53.5 Å². The second-order valence-electron chi connectivity index (χ2n) is 8.89. The van der Waals surface area contributed by atoms with Crippen molar-refractivity contribution in [3.63, 3.8) is 0 Å². The van der Waals surface area contributed by atoms with E-state index in [2.05, 4.69) is 38.8 Å². The summed E-state index contributed by atoms with van der Waals surface area (Å²) in [5, 5.41) is 17.7. The van der Waals surface area contributed by atoms with Crippen molar-refractivity contribution in [1.29, 1.82) is 0 Å².